The van der Waals surface area contributed by atoms with Crippen molar-refractivity contribution in [3.05, 3.63) is 298 Å². The number of aromatic nitrogens is 7. The summed E-state index contributed by atoms with van der Waals surface area (Å²) in [4.78, 5) is 105. The number of ether oxygens (including phenoxy) is 4. The number of fused-ring (bicyclic) bond motifs is 2. The third-order valence-electron chi connectivity index (χ3n) is 16.3. The summed E-state index contributed by atoms with van der Waals surface area (Å²) in [7, 11) is 0.454. The number of nitrogens with zero attached hydrogens (tertiary/aromatic N) is 7. The van der Waals surface area contributed by atoms with E-state index in [1.165, 1.54) is 119 Å². The minimum atomic E-state index is -6.34. The largest absolute Gasteiger partial charge is 0.534 e. The smallest absolute Gasteiger partial charge is 0.497 e. The van der Waals surface area contributed by atoms with Crippen LogP contribution < -0.4 is 73.4 Å². The first-order chi connectivity index (χ1) is 50.9. The number of aryl methyl sites for hydroxylation is 4. The van der Waals surface area contributed by atoms with Crippen LogP contribution >= 0.6 is 67.8 Å². The molecule has 5 heterocycles. The summed E-state index contributed by atoms with van der Waals surface area (Å²) in [6.45, 7) is 2.61. The fraction of sp³-hybridized carbons (Fsp3) is 0.139. The van der Waals surface area contributed by atoms with E-state index in [4.69, 9.17) is 24.7 Å². The van der Waals surface area contributed by atoms with Gasteiger partial charge in [-0.25, -0.2) is 40.7 Å². The molecule has 3 N–H and O–H groups in total. The molecule has 0 aliphatic heterocycles. The highest BCUT2D eigenvalue weighted by Crippen LogP contribution is 2.36. The number of anilines is 2. The highest BCUT2D eigenvalue weighted by Gasteiger charge is 2.49. The molecule has 12 aromatic rings. The normalized spacial score (nSPS) is 11.4. The van der Waals surface area contributed by atoms with E-state index in [0.717, 1.165) is 49.6 Å². The lowest BCUT2D eigenvalue weighted by molar-refractivity contribution is -0.0499. The van der Waals surface area contributed by atoms with Crippen molar-refractivity contribution in [2.24, 2.45) is 26.9 Å². The van der Waals surface area contributed by atoms with Crippen molar-refractivity contribution in [2.45, 2.75) is 32.4 Å². The molecule has 7 aromatic carbocycles. The van der Waals surface area contributed by atoms with Gasteiger partial charge in [-0.2, -0.15) is 21.6 Å². The lowest BCUT2D eigenvalue weighted by Crippen LogP contribution is -2.42. The molecule has 0 atom stereocenters. The first-order valence-electron chi connectivity index (χ1n) is 31.0. The van der Waals surface area contributed by atoms with E-state index in [-0.39, 0.29) is 63.3 Å². The quantitative estimate of drug-likeness (QED) is 0.0371. The zero-order chi connectivity index (χ0) is 78.9. The number of pyridine rings is 3. The topological polar surface area (TPSA) is 289 Å². The standard InChI is InChI=1S/C29H22F2IN3O5.C23H16F4IN3O7S.C20H16F2IN3O3/c1-16-12-18(30)6-11-23(16)40-24-14-25(36)33(2)27-26(24)28(37)34(15-17-4-8-20(39-3)9-5-17)29(38)35(27)22-10-7-19(32)13-21(22)31;1-29-18(32)10-17(38-39(35,36)23(25,26)27)19-20(29)31(16-8-5-13(28)9-15(16)24)22(34)30(21(19)33)11-12-3-6-14(37-2)7-4-12;1-10-7-11(21)3-6-15(10)29-16-9-17(27)26(2)20(18(16)19(24)28)25-14-5-4-12(23)8-13(14)22/h4-14H,15H2,1-3H3;3-10H,11H2,1-2H3;3-9,25H,1-2H3,(H2,24,28). The summed E-state index contributed by atoms with van der Waals surface area (Å²) in [5.74, 6) is -4.18. The molecule has 0 aliphatic carbocycles. The number of alkyl halides is 3. The first-order valence-corrected chi connectivity index (χ1v) is 35.7. The number of nitrogens with one attached hydrogen (secondary N) is 1. The van der Waals surface area contributed by atoms with Crippen molar-refractivity contribution >= 4 is 117 Å². The Kier molecular flexibility index (Phi) is 23.8. The van der Waals surface area contributed by atoms with Crippen molar-refractivity contribution in [3.8, 4) is 51.6 Å². The van der Waals surface area contributed by atoms with Gasteiger partial charge in [0.1, 0.15) is 97.0 Å². The summed E-state index contributed by atoms with van der Waals surface area (Å²) < 4.78 is 169. The van der Waals surface area contributed by atoms with Gasteiger partial charge in [0.15, 0.2) is 5.75 Å². The average molecular weight is 1850 g/mol. The van der Waals surface area contributed by atoms with E-state index in [1.807, 2.05) is 45.2 Å². The molecule has 0 fully saturated rings. The minimum Gasteiger partial charge on any atom is -0.497 e. The molecule has 108 heavy (non-hydrogen) atoms. The van der Waals surface area contributed by atoms with Crippen LogP contribution in [0.2, 0.25) is 0 Å². The van der Waals surface area contributed by atoms with E-state index >= 15 is 8.78 Å². The number of hydrogen-bond acceptors (Lipinski definition) is 16. The number of carbonyl (C=O) groups is 1. The van der Waals surface area contributed by atoms with Crippen LogP contribution in [0.5, 0.6) is 40.2 Å². The Morgan fingerprint density at radius 2 is 0.880 bits per heavy atom. The predicted molar refractivity (Wildman–Crippen MR) is 408 cm³/mol. The predicted octanol–water partition coefficient (Wildman–Crippen LogP) is 12.0. The SMILES string of the molecule is COc1ccc(Cn2c(=O)c3c(OS(=O)(=O)C(F)(F)F)cc(=O)n(C)c3n(-c3ccc(I)cc3F)c2=O)cc1.COc1ccc(Cn2c(=O)c3c(Oc4ccc(F)cc4C)cc(=O)n(C)c3n(-c3ccc(I)cc3F)c2=O)cc1.Cc1cc(F)ccc1Oc1cc(=O)n(C)c(Nc2ccc(I)cc2F)c1C(N)=O. The second-order valence-electron chi connectivity index (χ2n) is 23.4. The molecule has 0 bridgehead atoms. The number of hydrogen-bond donors (Lipinski definition) is 2. The molecule has 12 rings (SSSR count). The molecule has 0 saturated carbocycles. The molecular formula is C72H54F8I3N9O15S. The summed E-state index contributed by atoms with van der Waals surface area (Å²) >= 11 is 5.70. The van der Waals surface area contributed by atoms with Crippen LogP contribution in [0, 0.1) is 53.6 Å². The third-order valence-corrected chi connectivity index (χ3v) is 19.2. The highest BCUT2D eigenvalue weighted by atomic mass is 127. The monoisotopic (exact) mass is 1850 g/mol. The zero-order valence-corrected chi connectivity index (χ0v) is 64.1. The van der Waals surface area contributed by atoms with Crippen molar-refractivity contribution in [2.75, 3.05) is 19.5 Å². The molecule has 5 aromatic heterocycles. The maximum Gasteiger partial charge on any atom is 0.534 e. The molecule has 0 spiro atoms. The number of benzene rings is 7. The van der Waals surface area contributed by atoms with E-state index in [1.54, 1.807) is 72.8 Å². The fourth-order valence-corrected chi connectivity index (χ4v) is 12.7. The Morgan fingerprint density at radius 1 is 0.491 bits per heavy atom. The molecule has 0 saturated heterocycles. The zero-order valence-electron chi connectivity index (χ0n) is 56.8. The van der Waals surface area contributed by atoms with Crippen LogP contribution in [0.3, 0.4) is 0 Å². The molecular weight excluding hydrogens is 1800 g/mol. The van der Waals surface area contributed by atoms with E-state index < -0.39 is 119 Å². The van der Waals surface area contributed by atoms with Gasteiger partial charge in [-0.05, 0) is 219 Å². The van der Waals surface area contributed by atoms with E-state index in [0.29, 0.717) is 64.2 Å². The van der Waals surface area contributed by atoms with Crippen molar-refractivity contribution in [1.82, 2.24) is 32.0 Å². The van der Waals surface area contributed by atoms with Crippen LogP contribution in [-0.4, -0.2) is 66.0 Å². The molecule has 1 amide bonds. The third kappa shape index (κ3) is 16.8. The Bertz CT molecular complexity index is 6210. The number of halogens is 11. The van der Waals surface area contributed by atoms with Crippen LogP contribution in [-0.2, 0) is 44.4 Å². The van der Waals surface area contributed by atoms with E-state index in [2.05, 4.69) is 9.50 Å². The van der Waals surface area contributed by atoms with Gasteiger partial charge in [-0.1, -0.05) is 24.3 Å². The van der Waals surface area contributed by atoms with Crippen LogP contribution in [0.15, 0.2) is 191 Å². The number of amides is 1. The highest BCUT2D eigenvalue weighted by molar-refractivity contribution is 14.1. The first kappa shape index (κ1) is 79.7. The number of rotatable bonds is 17. The van der Waals surface area contributed by atoms with Gasteiger partial charge in [0.05, 0.1) is 44.4 Å². The lowest BCUT2D eigenvalue weighted by atomic mass is 10.2. The van der Waals surface area contributed by atoms with Crippen LogP contribution in [0.25, 0.3) is 33.4 Å². The van der Waals surface area contributed by atoms with E-state index in [9.17, 15) is 73.1 Å². The Morgan fingerprint density at radius 3 is 1.28 bits per heavy atom. The molecule has 0 unspecified atom stereocenters. The van der Waals surface area contributed by atoms with Gasteiger partial charge in [-0.3, -0.25) is 51.6 Å². The average Bonchev–Trinajstić information content (AvgIpc) is 0.732. The second-order valence-corrected chi connectivity index (χ2v) is 28.6. The van der Waals surface area contributed by atoms with Crippen molar-refractivity contribution in [1.29, 1.82) is 0 Å². The van der Waals surface area contributed by atoms with Gasteiger partial charge in [0, 0.05) is 50.1 Å². The maximum absolute atomic E-state index is 15.3. The summed E-state index contributed by atoms with van der Waals surface area (Å²) in [5, 5.41) is 1.75. The molecule has 24 nitrogen and oxygen atoms in total. The molecule has 0 aliphatic rings. The van der Waals surface area contributed by atoms with Gasteiger partial charge < -0.3 is 34.2 Å². The van der Waals surface area contributed by atoms with Gasteiger partial charge in [-0.15, -0.1) is 0 Å². The maximum atomic E-state index is 15.3. The Balaban J connectivity index is 0.000000175. The second kappa shape index (κ2) is 32.3. The summed E-state index contributed by atoms with van der Waals surface area (Å²) in [6.07, 6.45) is 0. The Labute approximate surface area is 644 Å². The molecule has 560 valence electrons. The van der Waals surface area contributed by atoms with Crippen molar-refractivity contribution in [3.63, 3.8) is 0 Å². The van der Waals surface area contributed by atoms with Crippen molar-refractivity contribution < 1.29 is 71.5 Å². The molecule has 36 heteroatoms. The Hall–Kier alpha value is -10.9. The molecule has 0 radical (unpaired) electrons. The lowest BCUT2D eigenvalue weighted by Gasteiger charge is -2.19. The number of methoxy groups -OCH3 is 2. The van der Waals surface area contributed by atoms with Gasteiger partial charge in [0.25, 0.3) is 33.7 Å². The minimum absolute atomic E-state index is 0.0279. The van der Waals surface area contributed by atoms with Crippen LogP contribution in [0.1, 0.15) is 32.6 Å². The van der Waals surface area contributed by atoms with Gasteiger partial charge in [0.2, 0.25) is 0 Å². The fourth-order valence-electron chi connectivity index (χ4n) is 10.8. The van der Waals surface area contributed by atoms with Crippen LogP contribution in [0.4, 0.5) is 46.6 Å². The number of nitrogens with two attached hydrogens (primary N) is 1. The summed E-state index contributed by atoms with van der Waals surface area (Å²) in [6, 6.07) is 35.3. The van der Waals surface area contributed by atoms with Gasteiger partial charge >= 0.3 is 27.0 Å². The number of primary amides is 1. The number of carbonyl (C=O) groups excluding carboxylic acids is 1. The summed E-state index contributed by atoms with van der Waals surface area (Å²) in [5.41, 5.74) is -6.35.